The Morgan fingerprint density at radius 1 is 1.00 bits per heavy atom. The number of methoxy groups -OCH3 is 3. The highest BCUT2D eigenvalue weighted by molar-refractivity contribution is 5.54. The van der Waals surface area contributed by atoms with E-state index in [2.05, 4.69) is 0 Å². The highest BCUT2D eigenvalue weighted by Crippen LogP contribution is 2.40. The lowest BCUT2D eigenvalue weighted by atomic mass is 10.0. The Balaban J connectivity index is 3.22. The zero-order valence-electron chi connectivity index (χ0n) is 10.6. The summed E-state index contributed by atoms with van der Waals surface area (Å²) in [6.07, 6.45) is -2.50. The van der Waals surface area contributed by atoms with Crippen LogP contribution < -0.4 is 14.2 Å². The van der Waals surface area contributed by atoms with Crippen molar-refractivity contribution >= 4 is 0 Å². The van der Waals surface area contributed by atoms with Crippen LogP contribution in [0.1, 0.15) is 11.7 Å². The van der Waals surface area contributed by atoms with Gasteiger partial charge in [0, 0.05) is 0 Å². The molecule has 0 aliphatic rings. The van der Waals surface area contributed by atoms with E-state index >= 15 is 0 Å². The van der Waals surface area contributed by atoms with Crippen LogP contribution in [-0.2, 0) is 0 Å². The molecule has 1 aromatic carbocycles. The molecule has 102 valence electrons. The Bertz CT molecular complexity index is 367. The first-order valence-electron chi connectivity index (χ1n) is 5.35. The molecule has 0 spiro atoms. The molecule has 0 aromatic heterocycles. The van der Waals surface area contributed by atoms with Gasteiger partial charge < -0.3 is 29.5 Å². The first kappa shape index (κ1) is 14.6. The van der Waals surface area contributed by atoms with Gasteiger partial charge in [-0.25, -0.2) is 0 Å². The van der Waals surface area contributed by atoms with Crippen LogP contribution in [0.5, 0.6) is 17.2 Å². The fourth-order valence-electron chi connectivity index (χ4n) is 1.59. The quantitative estimate of drug-likeness (QED) is 0.670. The summed E-state index contributed by atoms with van der Waals surface area (Å²) in [5.74, 6) is 1.14. The molecule has 0 saturated carbocycles. The molecule has 3 N–H and O–H groups in total. The first-order valence-corrected chi connectivity index (χ1v) is 5.35. The lowest BCUT2D eigenvalue weighted by molar-refractivity contribution is -0.0154. The molecule has 1 rings (SSSR count). The van der Waals surface area contributed by atoms with E-state index in [1.54, 1.807) is 0 Å². The van der Waals surface area contributed by atoms with Crippen molar-refractivity contribution in [3.63, 3.8) is 0 Å². The Kier molecular flexibility index (Phi) is 5.21. The van der Waals surface area contributed by atoms with Crippen LogP contribution in [0, 0.1) is 0 Å². The van der Waals surface area contributed by atoms with Gasteiger partial charge in [-0.1, -0.05) is 0 Å². The molecule has 0 radical (unpaired) electrons. The van der Waals surface area contributed by atoms with Crippen molar-refractivity contribution in [3.05, 3.63) is 17.7 Å². The summed E-state index contributed by atoms with van der Waals surface area (Å²) in [7, 11) is 4.38. The number of hydrogen-bond donors (Lipinski definition) is 3. The SMILES string of the molecule is COc1cc([C@@H](O)[C@H](O)CO)cc(OC)c1OC. The number of benzene rings is 1. The second-order valence-corrected chi connectivity index (χ2v) is 3.65. The van der Waals surface area contributed by atoms with Crippen LogP contribution >= 0.6 is 0 Å². The molecular weight excluding hydrogens is 240 g/mol. The normalized spacial score (nSPS) is 13.9. The number of hydrogen-bond acceptors (Lipinski definition) is 6. The summed E-state index contributed by atoms with van der Waals surface area (Å²) in [6.45, 7) is -0.544. The molecular formula is C12H18O6. The monoisotopic (exact) mass is 258 g/mol. The lowest BCUT2D eigenvalue weighted by Gasteiger charge is -2.19. The maximum Gasteiger partial charge on any atom is 0.203 e. The van der Waals surface area contributed by atoms with E-state index in [-0.39, 0.29) is 0 Å². The summed E-state index contributed by atoms with van der Waals surface area (Å²) in [6, 6.07) is 3.04. The maximum absolute atomic E-state index is 9.83. The predicted molar refractivity (Wildman–Crippen MR) is 64.2 cm³/mol. The molecule has 0 fully saturated rings. The zero-order valence-corrected chi connectivity index (χ0v) is 10.6. The summed E-state index contributed by atoms with van der Waals surface area (Å²) in [5.41, 5.74) is 0.367. The van der Waals surface area contributed by atoms with Crippen LogP contribution in [0.3, 0.4) is 0 Å². The summed E-state index contributed by atoms with van der Waals surface area (Å²) >= 11 is 0. The minimum absolute atomic E-state index is 0.367. The van der Waals surface area contributed by atoms with Gasteiger partial charge >= 0.3 is 0 Å². The second-order valence-electron chi connectivity index (χ2n) is 3.65. The third-order valence-corrected chi connectivity index (χ3v) is 2.58. The highest BCUT2D eigenvalue weighted by atomic mass is 16.5. The van der Waals surface area contributed by atoms with E-state index in [1.165, 1.54) is 33.5 Å². The van der Waals surface area contributed by atoms with E-state index in [0.717, 1.165) is 0 Å². The third kappa shape index (κ3) is 2.84. The average molecular weight is 258 g/mol. The smallest absolute Gasteiger partial charge is 0.203 e. The fourth-order valence-corrected chi connectivity index (χ4v) is 1.59. The van der Waals surface area contributed by atoms with E-state index in [0.29, 0.717) is 22.8 Å². The summed E-state index contributed by atoms with van der Waals surface area (Å²) in [4.78, 5) is 0. The number of rotatable bonds is 6. The van der Waals surface area contributed by atoms with E-state index in [9.17, 15) is 10.2 Å². The van der Waals surface area contributed by atoms with E-state index in [1.807, 2.05) is 0 Å². The predicted octanol–water partition coefficient (Wildman–Crippen LogP) is 0.0990. The van der Waals surface area contributed by atoms with Crippen LogP contribution in [0.15, 0.2) is 12.1 Å². The number of ether oxygens (including phenoxy) is 3. The Morgan fingerprint density at radius 3 is 1.83 bits per heavy atom. The van der Waals surface area contributed by atoms with Gasteiger partial charge in [-0.15, -0.1) is 0 Å². The minimum Gasteiger partial charge on any atom is -0.493 e. The minimum atomic E-state index is -1.27. The van der Waals surface area contributed by atoms with Crippen molar-refractivity contribution < 1.29 is 29.5 Å². The summed E-state index contributed by atoms with van der Waals surface area (Å²) in [5, 5.41) is 28.1. The number of aliphatic hydroxyl groups is 3. The standard InChI is InChI=1S/C12H18O6/c1-16-9-4-7(11(15)8(14)6-13)5-10(17-2)12(9)18-3/h4-5,8,11,13-15H,6H2,1-3H3/t8-,11-/m1/s1. The van der Waals surface area contributed by atoms with Gasteiger partial charge in [0.05, 0.1) is 27.9 Å². The Morgan fingerprint density at radius 2 is 1.50 bits per heavy atom. The zero-order chi connectivity index (χ0) is 13.7. The molecule has 2 atom stereocenters. The van der Waals surface area contributed by atoms with Gasteiger partial charge in [-0.3, -0.25) is 0 Å². The molecule has 0 amide bonds. The van der Waals surface area contributed by atoms with Crippen LogP contribution in [0.25, 0.3) is 0 Å². The largest absolute Gasteiger partial charge is 0.493 e. The average Bonchev–Trinajstić information content (AvgIpc) is 2.43. The molecule has 0 bridgehead atoms. The van der Waals surface area contributed by atoms with E-state index < -0.39 is 18.8 Å². The van der Waals surface area contributed by atoms with Gasteiger partial charge in [0.15, 0.2) is 11.5 Å². The summed E-state index contributed by atoms with van der Waals surface area (Å²) < 4.78 is 15.4. The third-order valence-electron chi connectivity index (χ3n) is 2.58. The Hall–Kier alpha value is -1.50. The molecule has 0 aliphatic heterocycles. The topological polar surface area (TPSA) is 88.4 Å². The maximum atomic E-state index is 9.83. The van der Waals surface area contributed by atoms with Gasteiger partial charge in [-0.05, 0) is 17.7 Å². The molecule has 0 heterocycles. The molecule has 1 aromatic rings. The van der Waals surface area contributed by atoms with Gasteiger partial charge in [0.25, 0.3) is 0 Å². The van der Waals surface area contributed by atoms with Crippen molar-refractivity contribution in [3.8, 4) is 17.2 Å². The highest BCUT2D eigenvalue weighted by Gasteiger charge is 2.22. The van der Waals surface area contributed by atoms with Crippen molar-refractivity contribution in [1.82, 2.24) is 0 Å². The molecule has 6 heteroatoms. The molecule has 0 aliphatic carbocycles. The van der Waals surface area contributed by atoms with Crippen LogP contribution in [0.4, 0.5) is 0 Å². The molecule has 0 unspecified atom stereocenters. The van der Waals surface area contributed by atoms with Crippen molar-refractivity contribution in [2.24, 2.45) is 0 Å². The van der Waals surface area contributed by atoms with Gasteiger partial charge in [-0.2, -0.15) is 0 Å². The van der Waals surface area contributed by atoms with Crippen LogP contribution in [0.2, 0.25) is 0 Å². The molecule has 18 heavy (non-hydrogen) atoms. The molecule has 6 nitrogen and oxygen atoms in total. The lowest BCUT2D eigenvalue weighted by Crippen LogP contribution is -2.22. The van der Waals surface area contributed by atoms with Gasteiger partial charge in [0.1, 0.15) is 12.2 Å². The van der Waals surface area contributed by atoms with Gasteiger partial charge in [0.2, 0.25) is 5.75 Å². The second kappa shape index (κ2) is 6.44. The first-order chi connectivity index (χ1) is 8.58. The molecule has 0 saturated heterocycles. The van der Waals surface area contributed by atoms with Crippen molar-refractivity contribution in [2.75, 3.05) is 27.9 Å². The van der Waals surface area contributed by atoms with Crippen molar-refractivity contribution in [2.45, 2.75) is 12.2 Å². The van der Waals surface area contributed by atoms with Crippen LogP contribution in [-0.4, -0.2) is 49.4 Å². The van der Waals surface area contributed by atoms with E-state index in [4.69, 9.17) is 19.3 Å². The fraction of sp³-hybridized carbons (Fsp3) is 0.500. The van der Waals surface area contributed by atoms with Crippen molar-refractivity contribution in [1.29, 1.82) is 0 Å². The Labute approximate surface area is 105 Å². The number of aliphatic hydroxyl groups excluding tert-OH is 3.